The van der Waals surface area contributed by atoms with E-state index in [1.807, 2.05) is 30.3 Å². The predicted molar refractivity (Wildman–Crippen MR) is 123 cm³/mol. The van der Waals surface area contributed by atoms with Crippen molar-refractivity contribution in [1.82, 2.24) is 5.32 Å². The molecule has 10 nitrogen and oxygen atoms in total. The van der Waals surface area contributed by atoms with Gasteiger partial charge in [0, 0.05) is 26.4 Å². The minimum atomic E-state index is -0.697. The average molecular weight is 481 g/mol. The summed E-state index contributed by atoms with van der Waals surface area (Å²) in [6.45, 7) is 2.73. The Morgan fingerprint density at radius 1 is 0.912 bits per heavy atom. The SMILES string of the molecule is COC(=O)C(N)C1CCOCC1.COC(=O)[C@@H](NC(=O)OCc1ccccc1)C1CCOCC1. The normalized spacial score (nSPS) is 18.4. The number of hydrogen-bond donors (Lipinski definition) is 2. The van der Waals surface area contributed by atoms with Gasteiger partial charge in [-0.15, -0.1) is 0 Å². The summed E-state index contributed by atoms with van der Waals surface area (Å²) in [5.74, 6) is -0.540. The number of benzene rings is 1. The van der Waals surface area contributed by atoms with Crippen LogP contribution in [0.2, 0.25) is 0 Å². The highest BCUT2D eigenvalue weighted by molar-refractivity contribution is 5.81. The van der Waals surface area contributed by atoms with E-state index < -0.39 is 24.1 Å². The maximum Gasteiger partial charge on any atom is 0.408 e. The summed E-state index contributed by atoms with van der Waals surface area (Å²) in [7, 11) is 2.67. The second-order valence-corrected chi connectivity index (χ2v) is 8.16. The lowest BCUT2D eigenvalue weighted by atomic mass is 9.92. The highest BCUT2D eigenvalue weighted by Gasteiger charge is 2.32. The van der Waals surface area contributed by atoms with Gasteiger partial charge in [-0.3, -0.25) is 4.79 Å². The van der Waals surface area contributed by atoms with Crippen molar-refractivity contribution in [3.05, 3.63) is 35.9 Å². The van der Waals surface area contributed by atoms with Gasteiger partial charge in [-0.2, -0.15) is 0 Å². The van der Waals surface area contributed by atoms with Gasteiger partial charge < -0.3 is 34.7 Å². The third kappa shape index (κ3) is 9.28. The Morgan fingerprint density at radius 2 is 1.44 bits per heavy atom. The zero-order chi connectivity index (χ0) is 24.8. The molecule has 2 atom stereocenters. The van der Waals surface area contributed by atoms with Crippen LogP contribution in [0.4, 0.5) is 4.79 Å². The van der Waals surface area contributed by atoms with Crippen molar-refractivity contribution in [2.24, 2.45) is 17.6 Å². The number of rotatable bonds is 7. The predicted octanol–water partition coefficient (Wildman–Crippen LogP) is 1.79. The molecule has 2 aliphatic rings. The van der Waals surface area contributed by atoms with Gasteiger partial charge in [0.15, 0.2) is 0 Å². The van der Waals surface area contributed by atoms with E-state index in [1.165, 1.54) is 14.2 Å². The number of hydrogen-bond acceptors (Lipinski definition) is 9. The molecule has 1 amide bonds. The molecular weight excluding hydrogens is 444 g/mol. The molecule has 0 radical (unpaired) electrons. The zero-order valence-corrected chi connectivity index (χ0v) is 19.9. The molecule has 0 bridgehead atoms. The maximum absolute atomic E-state index is 11.9. The molecular formula is C24H36N2O8. The minimum absolute atomic E-state index is 0.00507. The van der Waals surface area contributed by atoms with Gasteiger partial charge in [-0.05, 0) is 43.1 Å². The molecule has 34 heavy (non-hydrogen) atoms. The quantitative estimate of drug-likeness (QED) is 0.442. The number of methoxy groups -OCH3 is 2. The number of alkyl carbamates (subject to hydrolysis) is 1. The maximum atomic E-state index is 11.9. The molecule has 0 saturated carbocycles. The Balaban J connectivity index is 0.000000287. The number of esters is 2. The lowest BCUT2D eigenvalue weighted by Gasteiger charge is -2.28. The van der Waals surface area contributed by atoms with Gasteiger partial charge >= 0.3 is 18.0 Å². The molecule has 10 heteroatoms. The molecule has 3 rings (SSSR count). The zero-order valence-electron chi connectivity index (χ0n) is 19.9. The summed E-state index contributed by atoms with van der Waals surface area (Å²) in [6, 6.07) is 8.19. The lowest BCUT2D eigenvalue weighted by Crippen LogP contribution is -2.48. The van der Waals surface area contributed by atoms with Crippen LogP contribution in [-0.4, -0.2) is 70.8 Å². The van der Waals surface area contributed by atoms with Crippen molar-refractivity contribution in [1.29, 1.82) is 0 Å². The fraction of sp³-hybridized carbons (Fsp3) is 0.625. The van der Waals surface area contributed by atoms with Crippen LogP contribution >= 0.6 is 0 Å². The average Bonchev–Trinajstić information content (AvgIpc) is 2.91. The van der Waals surface area contributed by atoms with E-state index in [0.29, 0.717) is 39.3 Å². The van der Waals surface area contributed by atoms with Gasteiger partial charge in [0.05, 0.1) is 14.2 Å². The summed E-state index contributed by atoms with van der Waals surface area (Å²) in [5, 5.41) is 2.62. The molecule has 2 aliphatic heterocycles. The van der Waals surface area contributed by atoms with E-state index in [-0.39, 0.29) is 24.4 Å². The van der Waals surface area contributed by atoms with Crippen molar-refractivity contribution < 1.29 is 38.1 Å². The highest BCUT2D eigenvalue weighted by Crippen LogP contribution is 2.20. The number of carbonyl (C=O) groups is 3. The fourth-order valence-electron chi connectivity index (χ4n) is 3.84. The summed E-state index contributed by atoms with van der Waals surface area (Å²) in [4.78, 5) is 34.8. The van der Waals surface area contributed by atoms with E-state index >= 15 is 0 Å². The Bertz CT molecular complexity index is 749. The van der Waals surface area contributed by atoms with Crippen LogP contribution in [0.3, 0.4) is 0 Å². The standard InChI is InChI=1S/C16H21NO5.C8H15NO3/c1-20-15(18)14(13-7-9-21-10-8-13)17-16(19)22-11-12-5-3-2-4-6-12;1-11-8(10)7(9)6-2-4-12-5-3-6/h2-6,13-14H,7-11H2,1H3,(H,17,19);6-7H,2-5,9H2,1H3/t14-;/m0./s1. The molecule has 1 unspecified atom stereocenters. The second kappa shape index (κ2) is 15.3. The van der Waals surface area contributed by atoms with Gasteiger partial charge in [0.1, 0.15) is 18.7 Å². The van der Waals surface area contributed by atoms with Gasteiger partial charge in [0.25, 0.3) is 0 Å². The minimum Gasteiger partial charge on any atom is -0.468 e. The van der Waals surface area contributed by atoms with Crippen LogP contribution in [0.25, 0.3) is 0 Å². The highest BCUT2D eigenvalue weighted by atomic mass is 16.6. The van der Waals surface area contributed by atoms with Gasteiger partial charge in [-0.25, -0.2) is 9.59 Å². The van der Waals surface area contributed by atoms with Crippen LogP contribution in [-0.2, 0) is 39.9 Å². The first-order valence-corrected chi connectivity index (χ1v) is 11.5. The summed E-state index contributed by atoms with van der Waals surface area (Å²) < 4.78 is 24.9. The van der Waals surface area contributed by atoms with Crippen LogP contribution < -0.4 is 11.1 Å². The largest absolute Gasteiger partial charge is 0.468 e. The molecule has 0 aromatic heterocycles. The van der Waals surface area contributed by atoms with E-state index in [9.17, 15) is 14.4 Å². The van der Waals surface area contributed by atoms with Crippen molar-refractivity contribution in [2.45, 2.75) is 44.4 Å². The summed E-state index contributed by atoms with van der Waals surface area (Å²) in [6.07, 6.45) is 2.51. The van der Waals surface area contributed by atoms with Crippen LogP contribution in [0, 0.1) is 11.8 Å². The van der Waals surface area contributed by atoms with E-state index in [2.05, 4.69) is 10.1 Å². The van der Waals surface area contributed by atoms with E-state index in [1.54, 1.807) is 0 Å². The number of carbonyl (C=O) groups excluding carboxylic acids is 3. The Kier molecular flexibility index (Phi) is 12.4. The number of amides is 1. The van der Waals surface area contributed by atoms with E-state index in [4.69, 9.17) is 24.7 Å². The topological polar surface area (TPSA) is 135 Å². The number of nitrogens with one attached hydrogen (secondary N) is 1. The molecule has 0 aliphatic carbocycles. The smallest absolute Gasteiger partial charge is 0.408 e. The van der Waals surface area contributed by atoms with Crippen LogP contribution in [0.15, 0.2) is 30.3 Å². The summed E-state index contributed by atoms with van der Waals surface area (Å²) >= 11 is 0. The van der Waals surface area contributed by atoms with Crippen molar-refractivity contribution in [3.63, 3.8) is 0 Å². The molecule has 0 spiro atoms. The molecule has 3 N–H and O–H groups in total. The third-order valence-corrected chi connectivity index (χ3v) is 5.93. The van der Waals surface area contributed by atoms with Gasteiger partial charge in [0.2, 0.25) is 0 Å². The monoisotopic (exact) mass is 480 g/mol. The molecule has 190 valence electrons. The van der Waals surface area contributed by atoms with Gasteiger partial charge in [-0.1, -0.05) is 30.3 Å². The Hall–Kier alpha value is -2.69. The summed E-state index contributed by atoms with van der Waals surface area (Å²) in [5.41, 5.74) is 6.56. The molecule has 2 heterocycles. The van der Waals surface area contributed by atoms with Crippen molar-refractivity contribution in [2.75, 3.05) is 40.6 Å². The van der Waals surface area contributed by atoms with Crippen LogP contribution in [0.1, 0.15) is 31.2 Å². The first-order chi connectivity index (χ1) is 16.5. The molecule has 2 saturated heterocycles. The lowest BCUT2D eigenvalue weighted by molar-refractivity contribution is -0.146. The molecule has 2 fully saturated rings. The second-order valence-electron chi connectivity index (χ2n) is 8.16. The first-order valence-electron chi connectivity index (χ1n) is 11.5. The number of nitrogens with two attached hydrogens (primary N) is 1. The van der Waals surface area contributed by atoms with E-state index in [0.717, 1.165) is 18.4 Å². The Labute approximate surface area is 200 Å². The Morgan fingerprint density at radius 3 is 1.97 bits per heavy atom. The molecule has 1 aromatic carbocycles. The first kappa shape index (κ1) is 27.6. The fourth-order valence-corrected chi connectivity index (χ4v) is 3.84. The number of ether oxygens (including phenoxy) is 5. The third-order valence-electron chi connectivity index (χ3n) is 5.93. The van der Waals surface area contributed by atoms with Crippen molar-refractivity contribution >= 4 is 18.0 Å². The molecule has 1 aromatic rings. The van der Waals surface area contributed by atoms with Crippen molar-refractivity contribution in [3.8, 4) is 0 Å². The van der Waals surface area contributed by atoms with Crippen LogP contribution in [0.5, 0.6) is 0 Å².